The number of rotatable bonds is 12. The molecular weight excluding hydrogens is 226 g/mol. The highest BCUT2D eigenvalue weighted by atomic mass is 16.5. The van der Waals surface area contributed by atoms with Crippen molar-refractivity contribution in [2.24, 2.45) is 11.3 Å². The lowest BCUT2D eigenvalue weighted by atomic mass is 9.79. The van der Waals surface area contributed by atoms with Crippen LogP contribution in [0.25, 0.3) is 0 Å². The van der Waals surface area contributed by atoms with Crippen LogP contribution in [0.2, 0.25) is 0 Å². The van der Waals surface area contributed by atoms with Crippen molar-refractivity contribution in [3.63, 3.8) is 0 Å². The molecule has 0 heterocycles. The average Bonchev–Trinajstić information content (AvgIpc) is 2.37. The van der Waals surface area contributed by atoms with Gasteiger partial charge in [0.1, 0.15) is 0 Å². The van der Waals surface area contributed by atoms with Crippen molar-refractivity contribution >= 4 is 0 Å². The van der Waals surface area contributed by atoms with Crippen LogP contribution in [0.4, 0.5) is 0 Å². The second-order valence-corrected chi connectivity index (χ2v) is 5.60. The Morgan fingerprint density at radius 1 is 1.11 bits per heavy atom. The molecule has 3 nitrogen and oxygen atoms in total. The van der Waals surface area contributed by atoms with Crippen LogP contribution < -0.4 is 5.32 Å². The number of hydrogen-bond acceptors (Lipinski definition) is 3. The largest absolute Gasteiger partial charge is 0.383 e. The first kappa shape index (κ1) is 17.9. The number of hydrogen-bond donors (Lipinski definition) is 1. The van der Waals surface area contributed by atoms with E-state index in [4.69, 9.17) is 9.47 Å². The molecule has 0 atom stereocenters. The lowest BCUT2D eigenvalue weighted by molar-refractivity contribution is 0.0713. The molecule has 0 aromatic rings. The summed E-state index contributed by atoms with van der Waals surface area (Å²) in [4.78, 5) is 0. The van der Waals surface area contributed by atoms with Crippen molar-refractivity contribution < 1.29 is 9.47 Å². The molecule has 0 fully saturated rings. The third-order valence-electron chi connectivity index (χ3n) is 3.71. The van der Waals surface area contributed by atoms with Crippen LogP contribution in [0.15, 0.2) is 0 Å². The highest BCUT2D eigenvalue weighted by molar-refractivity contribution is 4.79. The third-order valence-corrected chi connectivity index (χ3v) is 3.71. The molecule has 0 aliphatic carbocycles. The van der Waals surface area contributed by atoms with E-state index >= 15 is 0 Å². The molecule has 0 spiro atoms. The van der Waals surface area contributed by atoms with Gasteiger partial charge in [0, 0.05) is 33.4 Å². The van der Waals surface area contributed by atoms with E-state index in [1.165, 1.54) is 12.8 Å². The van der Waals surface area contributed by atoms with Crippen LogP contribution in [0.5, 0.6) is 0 Å². The summed E-state index contributed by atoms with van der Waals surface area (Å²) < 4.78 is 10.8. The Kier molecular flexibility index (Phi) is 10.7. The summed E-state index contributed by atoms with van der Waals surface area (Å²) in [5.74, 6) is 0.627. The molecule has 0 aliphatic rings. The molecule has 0 radical (unpaired) electrons. The Morgan fingerprint density at radius 2 is 1.78 bits per heavy atom. The van der Waals surface area contributed by atoms with E-state index in [0.717, 1.165) is 39.3 Å². The fourth-order valence-electron chi connectivity index (χ4n) is 2.08. The van der Waals surface area contributed by atoms with Crippen molar-refractivity contribution in [2.45, 2.75) is 47.0 Å². The Balaban J connectivity index is 3.92. The van der Waals surface area contributed by atoms with Gasteiger partial charge in [0.05, 0.1) is 6.61 Å². The van der Waals surface area contributed by atoms with Gasteiger partial charge in [0.15, 0.2) is 0 Å². The molecule has 110 valence electrons. The molecular formula is C15H33NO2. The zero-order chi connectivity index (χ0) is 13.9. The summed E-state index contributed by atoms with van der Waals surface area (Å²) in [5, 5.41) is 3.50. The zero-order valence-electron chi connectivity index (χ0n) is 13.1. The van der Waals surface area contributed by atoms with Gasteiger partial charge in [-0.05, 0) is 30.6 Å². The normalized spacial score (nSPS) is 12.3. The minimum Gasteiger partial charge on any atom is -0.383 e. The van der Waals surface area contributed by atoms with Gasteiger partial charge in [-0.3, -0.25) is 0 Å². The number of methoxy groups -OCH3 is 1. The molecule has 18 heavy (non-hydrogen) atoms. The molecule has 0 unspecified atom stereocenters. The molecule has 0 aromatic carbocycles. The molecule has 0 aromatic heterocycles. The lowest BCUT2D eigenvalue weighted by Crippen LogP contribution is -2.36. The SMILES string of the molecule is CCC(CC)(CCOCC(C)C)CNCCOC. The van der Waals surface area contributed by atoms with E-state index in [0.29, 0.717) is 11.3 Å². The van der Waals surface area contributed by atoms with Crippen molar-refractivity contribution in [2.75, 3.05) is 40.0 Å². The van der Waals surface area contributed by atoms with Crippen molar-refractivity contribution in [3.05, 3.63) is 0 Å². The van der Waals surface area contributed by atoms with Crippen LogP contribution in [0, 0.1) is 11.3 Å². The average molecular weight is 259 g/mol. The van der Waals surface area contributed by atoms with Gasteiger partial charge in [0.2, 0.25) is 0 Å². The highest BCUT2D eigenvalue weighted by Gasteiger charge is 2.25. The monoisotopic (exact) mass is 259 g/mol. The van der Waals surface area contributed by atoms with Crippen LogP contribution in [0.3, 0.4) is 0 Å². The molecule has 0 saturated heterocycles. The predicted molar refractivity (Wildman–Crippen MR) is 78.0 cm³/mol. The van der Waals surface area contributed by atoms with Gasteiger partial charge in [-0.2, -0.15) is 0 Å². The van der Waals surface area contributed by atoms with Gasteiger partial charge >= 0.3 is 0 Å². The van der Waals surface area contributed by atoms with Gasteiger partial charge < -0.3 is 14.8 Å². The topological polar surface area (TPSA) is 30.5 Å². The van der Waals surface area contributed by atoms with Crippen LogP contribution in [0.1, 0.15) is 47.0 Å². The fourth-order valence-corrected chi connectivity index (χ4v) is 2.08. The summed E-state index contributed by atoms with van der Waals surface area (Å²) in [6.07, 6.45) is 3.55. The second-order valence-electron chi connectivity index (χ2n) is 5.60. The Hall–Kier alpha value is -0.120. The van der Waals surface area contributed by atoms with E-state index in [1.807, 2.05) is 0 Å². The maximum atomic E-state index is 5.73. The van der Waals surface area contributed by atoms with E-state index in [1.54, 1.807) is 7.11 Å². The van der Waals surface area contributed by atoms with Gasteiger partial charge in [-0.1, -0.05) is 27.7 Å². The van der Waals surface area contributed by atoms with Gasteiger partial charge in [-0.25, -0.2) is 0 Å². The minimum absolute atomic E-state index is 0.380. The Labute approximate surface area is 114 Å². The predicted octanol–water partition coefficient (Wildman–Crippen LogP) is 3.09. The fraction of sp³-hybridized carbons (Fsp3) is 1.00. The first-order valence-corrected chi connectivity index (χ1v) is 7.37. The van der Waals surface area contributed by atoms with E-state index < -0.39 is 0 Å². The molecule has 0 amide bonds. The first-order chi connectivity index (χ1) is 8.60. The van der Waals surface area contributed by atoms with Crippen molar-refractivity contribution in [1.29, 1.82) is 0 Å². The van der Waals surface area contributed by atoms with Crippen LogP contribution in [-0.2, 0) is 9.47 Å². The maximum Gasteiger partial charge on any atom is 0.0587 e. The standard InChI is InChI=1S/C15H33NO2/c1-6-15(7-2,13-16-9-11-17-5)8-10-18-12-14(3)4/h14,16H,6-13H2,1-5H3. The second kappa shape index (κ2) is 10.8. The number of nitrogens with one attached hydrogen (secondary N) is 1. The molecule has 0 rings (SSSR count). The van der Waals surface area contributed by atoms with E-state index in [9.17, 15) is 0 Å². The third kappa shape index (κ3) is 8.06. The molecule has 0 bridgehead atoms. The van der Waals surface area contributed by atoms with Crippen molar-refractivity contribution in [3.8, 4) is 0 Å². The molecule has 3 heteroatoms. The Bertz CT molecular complexity index is 179. The van der Waals surface area contributed by atoms with Crippen molar-refractivity contribution in [1.82, 2.24) is 5.32 Å². The summed E-state index contributed by atoms with van der Waals surface area (Å²) in [5.41, 5.74) is 0.380. The smallest absolute Gasteiger partial charge is 0.0587 e. The Morgan fingerprint density at radius 3 is 2.28 bits per heavy atom. The molecule has 0 saturated carbocycles. The van der Waals surface area contributed by atoms with Crippen LogP contribution >= 0.6 is 0 Å². The zero-order valence-corrected chi connectivity index (χ0v) is 13.1. The summed E-state index contributed by atoms with van der Waals surface area (Å²) >= 11 is 0. The molecule has 1 N–H and O–H groups in total. The summed E-state index contributed by atoms with van der Waals surface area (Å²) in [7, 11) is 1.74. The quantitative estimate of drug-likeness (QED) is 0.546. The molecule has 0 aliphatic heterocycles. The van der Waals surface area contributed by atoms with E-state index in [2.05, 4.69) is 33.0 Å². The van der Waals surface area contributed by atoms with E-state index in [-0.39, 0.29) is 0 Å². The number of ether oxygens (including phenoxy) is 2. The summed E-state index contributed by atoms with van der Waals surface area (Å²) in [6.45, 7) is 13.5. The lowest BCUT2D eigenvalue weighted by Gasteiger charge is -2.32. The maximum absolute atomic E-state index is 5.73. The van der Waals surface area contributed by atoms with Gasteiger partial charge in [0.25, 0.3) is 0 Å². The first-order valence-electron chi connectivity index (χ1n) is 7.37. The van der Waals surface area contributed by atoms with Gasteiger partial charge in [-0.15, -0.1) is 0 Å². The summed E-state index contributed by atoms with van der Waals surface area (Å²) in [6, 6.07) is 0. The highest BCUT2D eigenvalue weighted by Crippen LogP contribution is 2.29. The minimum atomic E-state index is 0.380. The van der Waals surface area contributed by atoms with Crippen LogP contribution in [-0.4, -0.2) is 40.0 Å².